The Hall–Kier alpha value is -1.61. The van der Waals surface area contributed by atoms with Gasteiger partial charge in [-0.1, -0.05) is 69.2 Å². The minimum Gasteiger partial charge on any atom is -0.342 e. The highest BCUT2D eigenvalue weighted by atomic mass is 16.2. The van der Waals surface area contributed by atoms with Crippen LogP contribution in [0, 0.1) is 22.7 Å². The van der Waals surface area contributed by atoms with Crippen LogP contribution in [0.1, 0.15) is 71.3 Å². The van der Waals surface area contributed by atoms with E-state index >= 15 is 0 Å². The molecule has 2 N–H and O–H groups in total. The molecule has 0 spiro atoms. The zero-order valence-corrected chi connectivity index (χ0v) is 19.0. The second-order valence-corrected chi connectivity index (χ2v) is 11.4. The summed E-state index contributed by atoms with van der Waals surface area (Å²) < 4.78 is 0. The lowest BCUT2D eigenvalue weighted by Gasteiger charge is -2.47. The largest absolute Gasteiger partial charge is 0.342 e. The topological polar surface area (TPSA) is 46.3 Å². The third-order valence-corrected chi connectivity index (χ3v) is 9.12. The Labute approximate surface area is 182 Å². The number of amides is 1. The number of allylic oxidation sites excluding steroid dienone is 2. The molecule has 1 amide bonds. The third kappa shape index (κ3) is 2.84. The molecule has 0 radical (unpaired) electrons. The molecule has 3 nitrogen and oxygen atoms in total. The second-order valence-electron chi connectivity index (χ2n) is 11.4. The first kappa shape index (κ1) is 20.3. The zero-order valence-electron chi connectivity index (χ0n) is 19.0. The van der Waals surface area contributed by atoms with Gasteiger partial charge in [0.25, 0.3) is 0 Å². The van der Waals surface area contributed by atoms with E-state index in [0.717, 1.165) is 45.2 Å². The third-order valence-electron chi connectivity index (χ3n) is 9.12. The van der Waals surface area contributed by atoms with Crippen LogP contribution in [0.5, 0.6) is 0 Å². The van der Waals surface area contributed by atoms with Crippen molar-refractivity contribution in [3.05, 3.63) is 47.5 Å². The van der Waals surface area contributed by atoms with Crippen molar-refractivity contribution < 1.29 is 4.79 Å². The molecule has 1 heterocycles. The first-order valence-corrected chi connectivity index (χ1v) is 12.1. The first-order valence-electron chi connectivity index (χ1n) is 12.1. The van der Waals surface area contributed by atoms with Crippen molar-refractivity contribution in [2.75, 3.05) is 13.1 Å². The Morgan fingerprint density at radius 1 is 1.20 bits per heavy atom. The van der Waals surface area contributed by atoms with Gasteiger partial charge in [0.2, 0.25) is 5.91 Å². The van der Waals surface area contributed by atoms with Gasteiger partial charge in [0.1, 0.15) is 0 Å². The molecular weight excluding hydrogens is 368 g/mol. The summed E-state index contributed by atoms with van der Waals surface area (Å²) in [6.45, 7) is 8.34. The Balaban J connectivity index is 1.51. The number of carbonyl (C=O) groups excluding carboxylic acids is 1. The highest BCUT2D eigenvalue weighted by Gasteiger charge is 2.69. The van der Waals surface area contributed by atoms with E-state index in [1.165, 1.54) is 18.4 Å². The molecule has 5 fully saturated rings. The molecule has 1 aromatic rings. The van der Waals surface area contributed by atoms with Gasteiger partial charge >= 0.3 is 0 Å². The average molecular weight is 407 g/mol. The molecule has 5 aliphatic rings. The van der Waals surface area contributed by atoms with Crippen molar-refractivity contribution in [2.24, 2.45) is 28.4 Å². The number of nitrogens with two attached hydrogens (primary N) is 1. The van der Waals surface area contributed by atoms with Crippen LogP contribution in [0.3, 0.4) is 0 Å². The Kier molecular flexibility index (Phi) is 4.70. The van der Waals surface area contributed by atoms with Crippen LogP contribution >= 0.6 is 0 Å². The maximum atomic E-state index is 14.2. The van der Waals surface area contributed by atoms with Gasteiger partial charge < -0.3 is 10.6 Å². The molecule has 4 saturated carbocycles. The van der Waals surface area contributed by atoms with Crippen LogP contribution in [0.25, 0.3) is 0 Å². The smallest absolute Gasteiger partial charge is 0.229 e. The molecular formula is C27H38N2O. The van der Waals surface area contributed by atoms with Gasteiger partial charge in [0, 0.05) is 19.1 Å². The van der Waals surface area contributed by atoms with E-state index < -0.39 is 0 Å². The van der Waals surface area contributed by atoms with Crippen molar-refractivity contribution >= 4 is 5.91 Å². The number of piperidine rings is 1. The minimum absolute atomic E-state index is 0.00181. The number of hydrogen-bond acceptors (Lipinski definition) is 2. The van der Waals surface area contributed by atoms with Crippen LogP contribution in [0.15, 0.2) is 42.0 Å². The van der Waals surface area contributed by atoms with E-state index in [2.05, 4.69) is 62.1 Å². The monoisotopic (exact) mass is 406 g/mol. The molecule has 3 heteroatoms. The second kappa shape index (κ2) is 6.95. The van der Waals surface area contributed by atoms with Gasteiger partial charge in [-0.25, -0.2) is 0 Å². The summed E-state index contributed by atoms with van der Waals surface area (Å²) in [4.78, 5) is 16.4. The van der Waals surface area contributed by atoms with Gasteiger partial charge in [0.15, 0.2) is 0 Å². The van der Waals surface area contributed by atoms with Crippen molar-refractivity contribution in [3.8, 4) is 0 Å². The number of rotatable bonds is 4. The van der Waals surface area contributed by atoms with Crippen LogP contribution < -0.4 is 5.73 Å². The highest BCUT2D eigenvalue weighted by molar-refractivity contribution is 5.86. The molecule has 30 heavy (non-hydrogen) atoms. The fourth-order valence-electron chi connectivity index (χ4n) is 7.62. The normalized spacial score (nSPS) is 40.3. The average Bonchev–Trinajstić information content (AvgIpc) is 3.11. The quantitative estimate of drug-likeness (QED) is 0.711. The summed E-state index contributed by atoms with van der Waals surface area (Å²) in [6, 6.07) is 11.3. The Morgan fingerprint density at radius 3 is 2.67 bits per heavy atom. The fraction of sp³-hybridized carbons (Fsp3) is 0.667. The van der Waals surface area contributed by atoms with Gasteiger partial charge in [-0.2, -0.15) is 0 Å². The Morgan fingerprint density at radius 2 is 1.97 bits per heavy atom. The number of nitrogens with zero attached hydrogens (tertiary/aromatic N) is 1. The van der Waals surface area contributed by atoms with E-state index in [1.807, 2.05) is 0 Å². The standard InChI is InChI=1S/C27H38N2O/c1-4-5-11-21-19-14-26(20-9-7-6-8-10-20)16-22(21)27(15-19,17-26)24(30)29-13-12-23(28)25(2,3)18-29/h6-11,19,22-23H,4-5,12-18,28H2,1-3H3/b21-11-/t19?,22?,23-,26?,27?/m0/s1. The fourth-order valence-corrected chi connectivity index (χ4v) is 7.62. The van der Waals surface area contributed by atoms with Gasteiger partial charge in [0.05, 0.1) is 5.41 Å². The highest BCUT2D eigenvalue weighted by Crippen LogP contribution is 2.73. The summed E-state index contributed by atoms with van der Waals surface area (Å²) in [6.07, 6.45) is 10.3. The lowest BCUT2D eigenvalue weighted by molar-refractivity contribution is -0.147. The summed E-state index contributed by atoms with van der Waals surface area (Å²) in [7, 11) is 0. The molecule has 4 aliphatic carbocycles. The molecule has 1 saturated heterocycles. The molecule has 6 rings (SSSR count). The van der Waals surface area contributed by atoms with Crippen LogP contribution in [-0.4, -0.2) is 29.9 Å². The predicted molar refractivity (Wildman–Crippen MR) is 122 cm³/mol. The van der Waals surface area contributed by atoms with Gasteiger partial charge in [-0.15, -0.1) is 0 Å². The molecule has 1 aliphatic heterocycles. The first-order chi connectivity index (χ1) is 14.3. The van der Waals surface area contributed by atoms with E-state index in [1.54, 1.807) is 5.57 Å². The number of benzene rings is 1. The van der Waals surface area contributed by atoms with E-state index in [9.17, 15) is 4.79 Å². The van der Waals surface area contributed by atoms with E-state index in [-0.39, 0.29) is 22.3 Å². The van der Waals surface area contributed by atoms with Crippen molar-refractivity contribution in [2.45, 2.75) is 77.2 Å². The summed E-state index contributed by atoms with van der Waals surface area (Å²) in [5.41, 5.74) is 9.48. The molecule has 5 atom stereocenters. The van der Waals surface area contributed by atoms with Crippen LogP contribution in [0.2, 0.25) is 0 Å². The molecule has 0 aromatic heterocycles. The van der Waals surface area contributed by atoms with Gasteiger partial charge in [-0.3, -0.25) is 4.79 Å². The lowest BCUT2D eigenvalue weighted by atomic mass is 9.62. The summed E-state index contributed by atoms with van der Waals surface area (Å²) >= 11 is 0. The lowest BCUT2D eigenvalue weighted by Crippen LogP contribution is -2.57. The summed E-state index contributed by atoms with van der Waals surface area (Å²) in [5.74, 6) is 1.47. The summed E-state index contributed by atoms with van der Waals surface area (Å²) in [5, 5.41) is 0. The van der Waals surface area contributed by atoms with Crippen molar-refractivity contribution in [1.29, 1.82) is 0 Å². The molecule has 4 bridgehead atoms. The zero-order chi connectivity index (χ0) is 21.1. The number of carbonyl (C=O) groups is 1. The van der Waals surface area contributed by atoms with E-state index in [0.29, 0.717) is 17.7 Å². The predicted octanol–water partition coefficient (Wildman–Crippen LogP) is 5.06. The van der Waals surface area contributed by atoms with Crippen LogP contribution in [-0.2, 0) is 10.2 Å². The molecule has 162 valence electrons. The number of hydrogen-bond donors (Lipinski definition) is 1. The van der Waals surface area contributed by atoms with Crippen molar-refractivity contribution in [1.82, 2.24) is 4.90 Å². The molecule has 4 unspecified atom stereocenters. The Bertz CT molecular complexity index is 859. The van der Waals surface area contributed by atoms with Crippen molar-refractivity contribution in [3.63, 3.8) is 0 Å². The van der Waals surface area contributed by atoms with Crippen LogP contribution in [0.4, 0.5) is 0 Å². The minimum atomic E-state index is -0.185. The number of likely N-dealkylation sites (tertiary alicyclic amines) is 1. The SMILES string of the molecule is CCC/C=C1/C2CC3(c4ccccc4)CC1C(C(=O)N1CC[C@H](N)C(C)(C)C1)(C2)C3. The number of unbranched alkanes of at least 4 members (excludes halogenated alkanes) is 1. The maximum absolute atomic E-state index is 14.2. The van der Waals surface area contributed by atoms with Gasteiger partial charge in [-0.05, 0) is 66.8 Å². The maximum Gasteiger partial charge on any atom is 0.229 e. The van der Waals surface area contributed by atoms with E-state index in [4.69, 9.17) is 5.73 Å². The molecule has 1 aromatic carbocycles.